The molecule has 0 spiro atoms. The fourth-order valence-corrected chi connectivity index (χ4v) is 11.0. The standard InChI is InChI=1S/C61H58O8/c1-9-37-13-17-41(36(8)21-37)61-48-24-46(54(66)28-56(48)68)59(39-15-11-31(3)19-34(39)6)44-22-42(50(62)26-52(44)64)58(38-14-10-30(2)18-33(38)5)43-23-45(53(65)27-51(43)63)60(40-16-12-32(4)20-35(40)7)47-25-49(61)57(69)29-55(47)67/h10-29,58-69H,9H2,1-8H3. The molecular weight excluding hydrogens is 861 g/mol. The van der Waals surface area contributed by atoms with E-state index in [-0.39, 0.29) is 46.0 Å². The highest BCUT2D eigenvalue weighted by molar-refractivity contribution is 5.68. The summed E-state index contributed by atoms with van der Waals surface area (Å²) in [7, 11) is 0. The van der Waals surface area contributed by atoms with Crippen LogP contribution in [0.1, 0.15) is 142 Å². The molecule has 9 rings (SSSR count). The summed E-state index contributed by atoms with van der Waals surface area (Å²) in [6, 6.07) is 35.8. The van der Waals surface area contributed by atoms with E-state index in [1.54, 1.807) is 24.3 Å². The third-order valence-corrected chi connectivity index (χ3v) is 14.5. The van der Waals surface area contributed by atoms with Crippen molar-refractivity contribution in [3.63, 3.8) is 0 Å². The van der Waals surface area contributed by atoms with E-state index >= 15 is 0 Å². The second-order valence-corrected chi connectivity index (χ2v) is 19.2. The first-order valence-electron chi connectivity index (χ1n) is 23.4. The Hall–Kier alpha value is -7.84. The first kappa shape index (κ1) is 46.3. The van der Waals surface area contributed by atoms with Gasteiger partial charge in [-0.3, -0.25) is 0 Å². The minimum absolute atomic E-state index is 0.257. The molecule has 8 bridgehead atoms. The monoisotopic (exact) mass is 918 g/mol. The Bertz CT molecular complexity index is 3190. The van der Waals surface area contributed by atoms with Crippen LogP contribution in [0, 0.1) is 48.5 Å². The summed E-state index contributed by atoms with van der Waals surface area (Å²) in [4.78, 5) is 0. The second kappa shape index (κ2) is 17.7. The maximum atomic E-state index is 12.2. The smallest absolute Gasteiger partial charge is 0.123 e. The summed E-state index contributed by atoms with van der Waals surface area (Å²) >= 11 is 0. The van der Waals surface area contributed by atoms with Gasteiger partial charge in [0.05, 0.1) is 0 Å². The zero-order valence-corrected chi connectivity index (χ0v) is 40.1. The lowest BCUT2D eigenvalue weighted by molar-refractivity contribution is 0.431. The largest absolute Gasteiger partial charge is 0.507 e. The first-order valence-corrected chi connectivity index (χ1v) is 23.4. The van der Waals surface area contributed by atoms with Crippen LogP contribution < -0.4 is 0 Å². The molecule has 0 radical (unpaired) electrons. The lowest BCUT2D eigenvalue weighted by atomic mass is 9.73. The number of phenolic OH excluding ortho intramolecular Hbond substituents is 8. The van der Waals surface area contributed by atoms with E-state index in [4.69, 9.17) is 0 Å². The number of benzene rings is 8. The van der Waals surface area contributed by atoms with Gasteiger partial charge in [0.15, 0.2) is 0 Å². The topological polar surface area (TPSA) is 162 Å². The summed E-state index contributed by atoms with van der Waals surface area (Å²) < 4.78 is 0. The van der Waals surface area contributed by atoms with Gasteiger partial charge in [-0.05, 0) is 129 Å². The van der Waals surface area contributed by atoms with Crippen molar-refractivity contribution in [1.29, 1.82) is 0 Å². The third kappa shape index (κ3) is 8.14. The zero-order chi connectivity index (χ0) is 49.3. The molecule has 0 saturated heterocycles. The normalized spacial score (nSPS) is 16.6. The molecule has 1 aliphatic rings. The molecule has 8 aromatic rings. The summed E-state index contributed by atoms with van der Waals surface area (Å²) in [5.41, 5.74) is 13.0. The molecule has 0 fully saturated rings. The molecule has 8 heteroatoms. The van der Waals surface area contributed by atoms with Crippen LogP contribution in [0.25, 0.3) is 0 Å². The highest BCUT2D eigenvalue weighted by Gasteiger charge is 2.36. The van der Waals surface area contributed by atoms with Gasteiger partial charge in [-0.1, -0.05) is 96.4 Å². The molecule has 350 valence electrons. The Morgan fingerprint density at radius 2 is 0.478 bits per heavy atom. The molecule has 2 atom stereocenters. The van der Waals surface area contributed by atoms with Crippen LogP contribution in [0.5, 0.6) is 46.0 Å². The Morgan fingerprint density at radius 1 is 0.261 bits per heavy atom. The molecule has 0 heterocycles. The fourth-order valence-electron chi connectivity index (χ4n) is 11.0. The zero-order valence-electron chi connectivity index (χ0n) is 40.1. The van der Waals surface area contributed by atoms with Crippen LogP contribution >= 0.6 is 0 Å². The molecule has 0 amide bonds. The van der Waals surface area contributed by atoms with E-state index in [0.29, 0.717) is 44.5 Å². The van der Waals surface area contributed by atoms with Crippen LogP contribution in [0.3, 0.4) is 0 Å². The number of hydrogen-bond donors (Lipinski definition) is 8. The minimum Gasteiger partial charge on any atom is -0.507 e. The fraction of sp³-hybridized carbons (Fsp3) is 0.213. The maximum absolute atomic E-state index is 12.2. The number of aromatic hydroxyl groups is 8. The number of rotatable bonds is 5. The van der Waals surface area contributed by atoms with Crippen LogP contribution in [0.2, 0.25) is 0 Å². The Morgan fingerprint density at radius 3 is 0.681 bits per heavy atom. The highest BCUT2D eigenvalue weighted by Crippen LogP contribution is 2.54. The Labute approximate surface area is 403 Å². The molecule has 2 unspecified atom stereocenters. The van der Waals surface area contributed by atoms with Gasteiger partial charge >= 0.3 is 0 Å². The van der Waals surface area contributed by atoms with E-state index in [1.807, 2.05) is 115 Å². The van der Waals surface area contributed by atoms with E-state index < -0.39 is 23.7 Å². The molecule has 8 nitrogen and oxygen atoms in total. The van der Waals surface area contributed by atoms with Gasteiger partial charge in [0.1, 0.15) is 46.0 Å². The van der Waals surface area contributed by atoms with Gasteiger partial charge in [0.25, 0.3) is 0 Å². The summed E-state index contributed by atoms with van der Waals surface area (Å²) in [6.07, 6.45) is 0.769. The molecular formula is C61H58O8. The quantitative estimate of drug-likeness (QED) is 0.0846. The number of phenols is 8. The van der Waals surface area contributed by atoms with Crippen LogP contribution in [-0.2, 0) is 6.42 Å². The van der Waals surface area contributed by atoms with Gasteiger partial charge in [-0.15, -0.1) is 0 Å². The Kier molecular flexibility index (Phi) is 11.9. The van der Waals surface area contributed by atoms with Crippen LogP contribution in [0.15, 0.2) is 121 Å². The van der Waals surface area contributed by atoms with Crippen molar-refractivity contribution in [3.8, 4) is 46.0 Å². The number of fused-ring (bicyclic) bond motifs is 8. The molecule has 69 heavy (non-hydrogen) atoms. The van der Waals surface area contributed by atoms with Crippen molar-refractivity contribution in [2.45, 2.75) is 85.5 Å². The predicted octanol–water partition coefficient (Wildman–Crippen LogP) is 13.1. The molecule has 0 aromatic heterocycles. The van der Waals surface area contributed by atoms with Gasteiger partial charge in [0, 0.05) is 92.4 Å². The van der Waals surface area contributed by atoms with E-state index in [1.165, 1.54) is 24.3 Å². The van der Waals surface area contributed by atoms with Crippen molar-refractivity contribution in [3.05, 3.63) is 233 Å². The number of hydrogen-bond acceptors (Lipinski definition) is 8. The lowest BCUT2D eigenvalue weighted by Crippen LogP contribution is -2.14. The van der Waals surface area contributed by atoms with Crippen molar-refractivity contribution in [2.75, 3.05) is 0 Å². The second-order valence-electron chi connectivity index (χ2n) is 19.2. The predicted molar refractivity (Wildman–Crippen MR) is 271 cm³/mol. The molecule has 0 saturated carbocycles. The Balaban J connectivity index is 1.51. The van der Waals surface area contributed by atoms with Crippen molar-refractivity contribution >= 4 is 0 Å². The van der Waals surface area contributed by atoms with Crippen LogP contribution in [0.4, 0.5) is 0 Å². The SMILES string of the molecule is CCc1ccc(C2c3cc(c(O)cc3O)C(c3ccc(C)cc3C)c3cc(c(O)cc3O)C(c3ccc(C)cc3C)c3cc(c(O)cc3O)C(c3ccc(C)cc3C)c3cc2c(O)cc3O)c(C)c1. The average molecular weight is 919 g/mol. The van der Waals surface area contributed by atoms with E-state index in [2.05, 4.69) is 13.0 Å². The summed E-state index contributed by atoms with van der Waals surface area (Å²) in [5, 5.41) is 97.8. The average Bonchev–Trinajstić information content (AvgIpc) is 3.27. The third-order valence-electron chi connectivity index (χ3n) is 14.5. The first-order chi connectivity index (χ1) is 32.8. The van der Waals surface area contributed by atoms with Crippen molar-refractivity contribution in [2.24, 2.45) is 0 Å². The molecule has 1 aliphatic carbocycles. The van der Waals surface area contributed by atoms with Crippen molar-refractivity contribution < 1.29 is 40.9 Å². The van der Waals surface area contributed by atoms with E-state index in [0.717, 1.165) is 73.2 Å². The highest BCUT2D eigenvalue weighted by atomic mass is 16.3. The van der Waals surface area contributed by atoms with Gasteiger partial charge in [-0.25, -0.2) is 0 Å². The van der Waals surface area contributed by atoms with Gasteiger partial charge in [-0.2, -0.15) is 0 Å². The number of aryl methyl sites for hydroxylation is 8. The van der Waals surface area contributed by atoms with Gasteiger partial charge < -0.3 is 40.9 Å². The summed E-state index contributed by atoms with van der Waals surface area (Å²) in [6.45, 7) is 15.8. The van der Waals surface area contributed by atoms with Crippen molar-refractivity contribution in [1.82, 2.24) is 0 Å². The molecule has 0 aliphatic heterocycles. The lowest BCUT2D eigenvalue weighted by Gasteiger charge is -2.31. The molecule has 8 aromatic carbocycles. The maximum Gasteiger partial charge on any atom is 0.123 e. The van der Waals surface area contributed by atoms with Gasteiger partial charge in [0.2, 0.25) is 0 Å². The van der Waals surface area contributed by atoms with E-state index in [9.17, 15) is 40.9 Å². The minimum atomic E-state index is -0.914. The molecule has 8 N–H and O–H groups in total. The summed E-state index contributed by atoms with van der Waals surface area (Å²) in [5.74, 6) is -5.73. The van der Waals surface area contributed by atoms with Crippen LogP contribution in [-0.4, -0.2) is 40.9 Å².